The van der Waals surface area contributed by atoms with Crippen molar-refractivity contribution in [3.8, 4) is 5.75 Å². The van der Waals surface area contributed by atoms with Gasteiger partial charge in [-0.05, 0) is 24.7 Å². The van der Waals surface area contributed by atoms with Crippen molar-refractivity contribution in [3.05, 3.63) is 29.8 Å². The molecule has 1 rings (SSSR count). The largest absolute Gasteiger partial charge is 0.487 e. The van der Waals surface area contributed by atoms with Crippen LogP contribution < -0.4 is 10.1 Å². The van der Waals surface area contributed by atoms with Gasteiger partial charge in [0, 0.05) is 13.5 Å². The van der Waals surface area contributed by atoms with E-state index in [2.05, 4.69) is 5.32 Å². The maximum Gasteiger partial charge on any atom is 0.278 e. The second-order valence-electron chi connectivity index (χ2n) is 3.54. The van der Waals surface area contributed by atoms with Gasteiger partial charge in [0.15, 0.2) is 6.61 Å². The first-order valence-electron chi connectivity index (χ1n) is 4.75. The first-order chi connectivity index (χ1) is 7.01. The summed E-state index contributed by atoms with van der Waals surface area (Å²) in [6.45, 7) is 0.945. The Bertz CT molecular complexity index is 310. The normalized spacial score (nSPS) is 11.5. The van der Waals surface area contributed by atoms with Crippen LogP contribution in [0.15, 0.2) is 24.3 Å². The molecule has 0 bridgehead atoms. The molecule has 0 heterocycles. The summed E-state index contributed by atoms with van der Waals surface area (Å²) >= 11 is 0. The van der Waals surface area contributed by atoms with Crippen LogP contribution in [-0.4, -0.2) is 19.6 Å². The van der Waals surface area contributed by atoms with Crippen molar-refractivity contribution in [3.63, 3.8) is 0 Å². The van der Waals surface area contributed by atoms with Crippen LogP contribution in [0.1, 0.15) is 12.5 Å². The van der Waals surface area contributed by atoms with Gasteiger partial charge in [-0.3, -0.25) is 0 Å². The van der Waals surface area contributed by atoms with E-state index in [1.54, 1.807) is 18.2 Å². The Hall–Kier alpha value is -1.16. The molecule has 0 aliphatic rings. The van der Waals surface area contributed by atoms with Crippen molar-refractivity contribution in [1.29, 1.82) is 0 Å². The van der Waals surface area contributed by atoms with Crippen molar-refractivity contribution >= 4 is 0 Å². The lowest BCUT2D eigenvalue weighted by atomic mass is 10.2. The van der Waals surface area contributed by atoms with E-state index in [-0.39, 0.29) is 0 Å². The molecule has 0 atom stereocenters. The Labute approximate surface area is 88.3 Å². The molecule has 15 heavy (non-hydrogen) atoms. The van der Waals surface area contributed by atoms with Gasteiger partial charge in [-0.25, -0.2) is 8.78 Å². The van der Waals surface area contributed by atoms with Gasteiger partial charge in [0.25, 0.3) is 5.92 Å². The Kier molecular flexibility index (Phi) is 4.03. The van der Waals surface area contributed by atoms with Gasteiger partial charge in [0.1, 0.15) is 5.75 Å². The number of benzene rings is 1. The van der Waals surface area contributed by atoms with Gasteiger partial charge in [0.2, 0.25) is 0 Å². The van der Waals surface area contributed by atoms with Gasteiger partial charge in [-0.1, -0.05) is 12.1 Å². The molecule has 84 valence electrons. The summed E-state index contributed by atoms with van der Waals surface area (Å²) in [4.78, 5) is 0. The van der Waals surface area contributed by atoms with E-state index in [0.717, 1.165) is 12.5 Å². The number of hydrogen-bond donors (Lipinski definition) is 1. The van der Waals surface area contributed by atoms with Crippen molar-refractivity contribution in [1.82, 2.24) is 5.32 Å². The average Bonchev–Trinajstić information content (AvgIpc) is 2.15. The molecule has 1 N–H and O–H groups in total. The maximum atomic E-state index is 12.5. The third kappa shape index (κ3) is 4.74. The standard InChI is InChI=1S/C11H15F2NO/c1-11(12,13)8-15-10-5-3-4-9(6-10)7-14-2/h3-6,14H,7-8H2,1-2H3. The van der Waals surface area contributed by atoms with Gasteiger partial charge < -0.3 is 10.1 Å². The van der Waals surface area contributed by atoms with Gasteiger partial charge in [0.05, 0.1) is 0 Å². The zero-order valence-corrected chi connectivity index (χ0v) is 8.89. The highest BCUT2D eigenvalue weighted by atomic mass is 19.3. The lowest BCUT2D eigenvalue weighted by Gasteiger charge is -2.12. The number of nitrogens with one attached hydrogen (secondary N) is 1. The first-order valence-corrected chi connectivity index (χ1v) is 4.75. The molecule has 0 fully saturated rings. The molecular formula is C11H15F2NO. The van der Waals surface area contributed by atoms with Crippen molar-refractivity contribution in [2.75, 3.05) is 13.7 Å². The lowest BCUT2D eigenvalue weighted by molar-refractivity contribution is -0.0229. The van der Waals surface area contributed by atoms with Crippen LogP contribution in [0.2, 0.25) is 0 Å². The quantitative estimate of drug-likeness (QED) is 0.814. The van der Waals surface area contributed by atoms with Gasteiger partial charge >= 0.3 is 0 Å². The highest BCUT2D eigenvalue weighted by molar-refractivity contribution is 5.28. The predicted octanol–water partition coefficient (Wildman–Crippen LogP) is 2.44. The van der Waals surface area contributed by atoms with Crippen LogP contribution in [0, 0.1) is 0 Å². The van der Waals surface area contributed by atoms with Crippen LogP contribution in [0.3, 0.4) is 0 Å². The van der Waals surface area contributed by atoms with Gasteiger partial charge in [-0.2, -0.15) is 0 Å². The predicted molar refractivity (Wildman–Crippen MR) is 55.3 cm³/mol. The molecule has 2 nitrogen and oxygen atoms in total. The zero-order valence-electron chi connectivity index (χ0n) is 8.89. The summed E-state index contributed by atoms with van der Waals surface area (Å²) in [5.74, 6) is -2.32. The van der Waals surface area contributed by atoms with Crippen molar-refractivity contribution in [2.24, 2.45) is 0 Å². The fourth-order valence-corrected chi connectivity index (χ4v) is 1.16. The smallest absolute Gasteiger partial charge is 0.278 e. The second-order valence-corrected chi connectivity index (χ2v) is 3.54. The molecule has 0 aliphatic carbocycles. The van der Waals surface area contributed by atoms with Crippen molar-refractivity contribution in [2.45, 2.75) is 19.4 Å². The molecule has 1 aromatic carbocycles. The minimum absolute atomic E-state index is 0.476. The van der Waals surface area contributed by atoms with Crippen LogP contribution >= 0.6 is 0 Å². The van der Waals surface area contributed by atoms with E-state index in [1.165, 1.54) is 0 Å². The van der Waals surface area contributed by atoms with Crippen molar-refractivity contribution < 1.29 is 13.5 Å². The fraction of sp³-hybridized carbons (Fsp3) is 0.455. The molecule has 0 saturated carbocycles. The summed E-state index contributed by atoms with van der Waals surface area (Å²) in [6.07, 6.45) is 0. The fourth-order valence-electron chi connectivity index (χ4n) is 1.16. The number of halogens is 2. The Morgan fingerprint density at radius 2 is 2.13 bits per heavy atom. The second kappa shape index (κ2) is 5.07. The molecule has 0 unspecified atom stereocenters. The molecule has 0 spiro atoms. The summed E-state index contributed by atoms with van der Waals surface area (Å²) < 4.78 is 30.0. The highest BCUT2D eigenvalue weighted by Gasteiger charge is 2.21. The van der Waals surface area contributed by atoms with Gasteiger partial charge in [-0.15, -0.1) is 0 Å². The molecule has 4 heteroatoms. The van der Waals surface area contributed by atoms with E-state index in [1.807, 2.05) is 13.1 Å². The van der Waals surface area contributed by atoms with E-state index in [0.29, 0.717) is 12.3 Å². The summed E-state index contributed by atoms with van der Waals surface area (Å²) in [5, 5.41) is 2.98. The number of ether oxygens (including phenoxy) is 1. The molecule has 0 amide bonds. The van der Waals surface area contributed by atoms with Crippen LogP contribution in [0.25, 0.3) is 0 Å². The maximum absolute atomic E-state index is 12.5. The molecule has 0 aromatic heterocycles. The van der Waals surface area contributed by atoms with Crippen LogP contribution in [0.4, 0.5) is 8.78 Å². The third-order valence-corrected chi connectivity index (χ3v) is 1.77. The molecule has 0 aliphatic heterocycles. The number of hydrogen-bond acceptors (Lipinski definition) is 2. The topological polar surface area (TPSA) is 21.3 Å². The Balaban J connectivity index is 2.57. The summed E-state index contributed by atoms with van der Waals surface area (Å²) in [6, 6.07) is 7.12. The average molecular weight is 215 g/mol. The minimum Gasteiger partial charge on any atom is -0.487 e. The molecule has 0 radical (unpaired) electrons. The highest BCUT2D eigenvalue weighted by Crippen LogP contribution is 2.17. The Morgan fingerprint density at radius 1 is 1.40 bits per heavy atom. The number of alkyl halides is 2. The van der Waals surface area contributed by atoms with Crippen LogP contribution in [0.5, 0.6) is 5.75 Å². The van der Waals surface area contributed by atoms with E-state index in [9.17, 15) is 8.78 Å². The van der Waals surface area contributed by atoms with E-state index < -0.39 is 12.5 Å². The third-order valence-electron chi connectivity index (χ3n) is 1.77. The monoisotopic (exact) mass is 215 g/mol. The lowest BCUT2D eigenvalue weighted by Crippen LogP contribution is -2.20. The molecule has 0 saturated heterocycles. The minimum atomic E-state index is -2.79. The Morgan fingerprint density at radius 3 is 2.73 bits per heavy atom. The summed E-state index contributed by atoms with van der Waals surface area (Å²) in [5.41, 5.74) is 1.01. The van der Waals surface area contributed by atoms with Crippen LogP contribution in [-0.2, 0) is 6.54 Å². The first kappa shape index (κ1) is 11.9. The molecular weight excluding hydrogens is 200 g/mol. The zero-order chi connectivity index (χ0) is 11.3. The number of rotatable bonds is 5. The van der Waals surface area contributed by atoms with E-state index >= 15 is 0 Å². The van der Waals surface area contributed by atoms with E-state index in [4.69, 9.17) is 4.74 Å². The SMILES string of the molecule is CNCc1cccc(OCC(C)(F)F)c1. The molecule has 1 aromatic rings. The summed E-state index contributed by atoms with van der Waals surface area (Å²) in [7, 11) is 1.83.